The molecular weight excluding hydrogens is 244 g/mol. The smallest absolute Gasteiger partial charge is 0.292 e. The minimum atomic E-state index is -0.457. The zero-order valence-corrected chi connectivity index (χ0v) is 10.5. The molecule has 0 unspecified atom stereocenters. The van der Waals surface area contributed by atoms with Gasteiger partial charge in [0.2, 0.25) is 0 Å². The monoisotopic (exact) mass is 260 g/mol. The van der Waals surface area contributed by atoms with Crippen LogP contribution in [0.1, 0.15) is 31.2 Å². The second kappa shape index (κ2) is 4.53. The SMILES string of the molecule is Nc1ccc(C2=N[C@@H]3CCCC[C@@H]3N2)cc1[N+](=O)[O-]. The lowest BCUT2D eigenvalue weighted by molar-refractivity contribution is -0.383. The Morgan fingerprint density at radius 2 is 2.16 bits per heavy atom. The van der Waals surface area contributed by atoms with Gasteiger partial charge in [0, 0.05) is 17.7 Å². The van der Waals surface area contributed by atoms with E-state index in [1.807, 2.05) is 0 Å². The summed E-state index contributed by atoms with van der Waals surface area (Å²) in [5.41, 5.74) is 6.48. The lowest BCUT2D eigenvalue weighted by Gasteiger charge is -2.23. The number of benzene rings is 1. The van der Waals surface area contributed by atoms with Crippen LogP contribution in [0, 0.1) is 10.1 Å². The van der Waals surface area contributed by atoms with E-state index in [0.29, 0.717) is 12.1 Å². The molecule has 0 saturated heterocycles. The lowest BCUT2D eigenvalue weighted by atomic mass is 9.92. The number of amidine groups is 1. The molecule has 0 bridgehead atoms. The summed E-state index contributed by atoms with van der Waals surface area (Å²) >= 11 is 0. The number of nitro benzene ring substituents is 1. The first-order valence-corrected chi connectivity index (χ1v) is 6.54. The molecule has 0 spiro atoms. The zero-order chi connectivity index (χ0) is 13.4. The van der Waals surface area contributed by atoms with E-state index in [1.54, 1.807) is 12.1 Å². The topological polar surface area (TPSA) is 93.5 Å². The van der Waals surface area contributed by atoms with Crippen molar-refractivity contribution in [3.05, 3.63) is 33.9 Å². The van der Waals surface area contributed by atoms with E-state index in [4.69, 9.17) is 5.73 Å². The number of anilines is 1. The van der Waals surface area contributed by atoms with Crippen molar-refractivity contribution in [2.75, 3.05) is 5.73 Å². The van der Waals surface area contributed by atoms with Crippen LogP contribution < -0.4 is 11.1 Å². The van der Waals surface area contributed by atoms with Crippen molar-refractivity contribution >= 4 is 17.2 Å². The highest BCUT2D eigenvalue weighted by atomic mass is 16.6. The number of nitrogens with two attached hydrogens (primary N) is 1. The Bertz CT molecular complexity index is 556. The number of hydrogen-bond donors (Lipinski definition) is 2. The highest BCUT2D eigenvalue weighted by Crippen LogP contribution is 2.28. The van der Waals surface area contributed by atoms with E-state index in [9.17, 15) is 10.1 Å². The number of nitrogens with zero attached hydrogens (tertiary/aromatic N) is 2. The summed E-state index contributed by atoms with van der Waals surface area (Å²) < 4.78 is 0. The molecule has 6 nitrogen and oxygen atoms in total. The molecular formula is C13H16N4O2. The Labute approximate surface area is 110 Å². The Morgan fingerprint density at radius 3 is 2.89 bits per heavy atom. The van der Waals surface area contributed by atoms with E-state index in [0.717, 1.165) is 24.2 Å². The Balaban J connectivity index is 1.91. The van der Waals surface area contributed by atoms with Crippen molar-refractivity contribution in [3.63, 3.8) is 0 Å². The molecule has 1 saturated carbocycles. The van der Waals surface area contributed by atoms with Gasteiger partial charge in [0.05, 0.1) is 11.0 Å². The van der Waals surface area contributed by atoms with E-state index < -0.39 is 4.92 Å². The first kappa shape index (κ1) is 12.0. The Hall–Kier alpha value is -2.11. The summed E-state index contributed by atoms with van der Waals surface area (Å²) in [7, 11) is 0. The molecule has 1 fully saturated rings. The quantitative estimate of drug-likeness (QED) is 0.482. The van der Waals surface area contributed by atoms with Crippen LogP contribution in [0.2, 0.25) is 0 Å². The normalized spacial score (nSPS) is 25.4. The maximum Gasteiger partial charge on any atom is 0.292 e. The maximum atomic E-state index is 10.9. The van der Waals surface area contributed by atoms with Gasteiger partial charge in [-0.2, -0.15) is 0 Å². The van der Waals surface area contributed by atoms with E-state index in [-0.39, 0.29) is 11.4 Å². The number of nitrogen functional groups attached to an aromatic ring is 1. The molecule has 0 radical (unpaired) electrons. The summed E-state index contributed by atoms with van der Waals surface area (Å²) in [6, 6.07) is 5.56. The van der Waals surface area contributed by atoms with E-state index in [2.05, 4.69) is 10.3 Å². The van der Waals surface area contributed by atoms with Crippen molar-refractivity contribution in [1.82, 2.24) is 5.32 Å². The van der Waals surface area contributed by atoms with E-state index in [1.165, 1.54) is 18.9 Å². The molecule has 2 aliphatic rings. The van der Waals surface area contributed by atoms with Crippen LogP contribution in [0.15, 0.2) is 23.2 Å². The fraction of sp³-hybridized carbons (Fsp3) is 0.462. The van der Waals surface area contributed by atoms with Crippen molar-refractivity contribution in [2.24, 2.45) is 4.99 Å². The number of nitro groups is 1. The molecule has 3 rings (SSSR count). The highest BCUT2D eigenvalue weighted by Gasteiger charge is 2.31. The minimum Gasteiger partial charge on any atom is -0.393 e. The van der Waals surface area contributed by atoms with Crippen molar-refractivity contribution in [1.29, 1.82) is 0 Å². The molecule has 19 heavy (non-hydrogen) atoms. The van der Waals surface area contributed by atoms with Crippen LogP contribution in [0.25, 0.3) is 0 Å². The molecule has 1 aliphatic heterocycles. The van der Waals surface area contributed by atoms with Gasteiger partial charge in [-0.05, 0) is 25.0 Å². The van der Waals surface area contributed by atoms with Gasteiger partial charge in [-0.15, -0.1) is 0 Å². The van der Waals surface area contributed by atoms with Crippen LogP contribution in [0.5, 0.6) is 0 Å². The summed E-state index contributed by atoms with van der Waals surface area (Å²) in [6.45, 7) is 0. The van der Waals surface area contributed by atoms with Crippen molar-refractivity contribution in [3.8, 4) is 0 Å². The van der Waals surface area contributed by atoms with Gasteiger partial charge in [-0.1, -0.05) is 12.8 Å². The van der Waals surface area contributed by atoms with Crippen LogP contribution in [0.3, 0.4) is 0 Å². The zero-order valence-electron chi connectivity index (χ0n) is 10.5. The van der Waals surface area contributed by atoms with Gasteiger partial charge >= 0.3 is 0 Å². The molecule has 1 aromatic rings. The third-order valence-electron chi connectivity index (χ3n) is 3.85. The van der Waals surface area contributed by atoms with Gasteiger partial charge in [0.25, 0.3) is 5.69 Å². The first-order valence-electron chi connectivity index (χ1n) is 6.54. The Morgan fingerprint density at radius 1 is 1.37 bits per heavy atom. The summed E-state index contributed by atoms with van der Waals surface area (Å²) in [4.78, 5) is 15.1. The second-order valence-electron chi connectivity index (χ2n) is 5.11. The predicted octanol–water partition coefficient (Wildman–Crippen LogP) is 1.84. The van der Waals surface area contributed by atoms with Crippen LogP contribution >= 0.6 is 0 Å². The Kier molecular flexibility index (Phi) is 2.85. The lowest BCUT2D eigenvalue weighted by Crippen LogP contribution is -2.37. The highest BCUT2D eigenvalue weighted by molar-refractivity contribution is 6.01. The second-order valence-corrected chi connectivity index (χ2v) is 5.11. The molecule has 2 atom stereocenters. The van der Waals surface area contributed by atoms with Crippen LogP contribution in [0.4, 0.5) is 11.4 Å². The third-order valence-corrected chi connectivity index (χ3v) is 3.85. The van der Waals surface area contributed by atoms with Gasteiger partial charge in [-0.25, -0.2) is 0 Å². The molecule has 0 aromatic heterocycles. The summed E-state index contributed by atoms with van der Waals surface area (Å²) in [5.74, 6) is 0.764. The molecule has 1 aromatic carbocycles. The van der Waals surface area contributed by atoms with Gasteiger partial charge < -0.3 is 11.1 Å². The van der Waals surface area contributed by atoms with Crippen LogP contribution in [-0.4, -0.2) is 22.8 Å². The average molecular weight is 260 g/mol. The molecule has 1 aliphatic carbocycles. The standard InChI is InChI=1S/C13H16N4O2/c14-9-6-5-8(7-12(9)17(18)19)13-15-10-3-1-2-4-11(10)16-13/h5-7,10-11H,1-4,14H2,(H,15,16)/t10-,11+. The van der Waals surface area contributed by atoms with Crippen molar-refractivity contribution < 1.29 is 4.92 Å². The van der Waals surface area contributed by atoms with Crippen LogP contribution in [-0.2, 0) is 0 Å². The van der Waals surface area contributed by atoms with E-state index >= 15 is 0 Å². The number of rotatable bonds is 2. The number of fused-ring (bicyclic) bond motifs is 1. The largest absolute Gasteiger partial charge is 0.393 e. The van der Waals surface area contributed by atoms with Gasteiger partial charge in [0.1, 0.15) is 11.5 Å². The number of hydrogen-bond acceptors (Lipinski definition) is 5. The average Bonchev–Trinajstić information content (AvgIpc) is 2.82. The molecule has 6 heteroatoms. The fourth-order valence-corrected chi connectivity index (χ4v) is 2.82. The molecule has 0 amide bonds. The number of aliphatic imine (C=N–C) groups is 1. The predicted molar refractivity (Wildman–Crippen MR) is 73.2 cm³/mol. The van der Waals surface area contributed by atoms with Crippen molar-refractivity contribution in [2.45, 2.75) is 37.8 Å². The summed E-state index contributed by atoms with van der Waals surface area (Å²) in [5, 5.41) is 14.3. The van der Waals surface area contributed by atoms with Gasteiger partial charge in [0.15, 0.2) is 0 Å². The summed E-state index contributed by atoms with van der Waals surface area (Å²) in [6.07, 6.45) is 4.65. The van der Waals surface area contributed by atoms with Gasteiger partial charge in [-0.3, -0.25) is 15.1 Å². The fourth-order valence-electron chi connectivity index (χ4n) is 2.82. The maximum absolute atomic E-state index is 10.9. The molecule has 100 valence electrons. The third kappa shape index (κ3) is 2.14. The molecule has 1 heterocycles. The first-order chi connectivity index (χ1) is 9.15. The number of nitrogens with one attached hydrogen (secondary N) is 1. The molecule has 3 N–H and O–H groups in total. The minimum absolute atomic E-state index is 0.0585.